The second-order valence-corrected chi connectivity index (χ2v) is 3.48. The normalized spacial score (nSPS) is 9.69. The van der Waals surface area contributed by atoms with Crippen LogP contribution >= 0.6 is 11.6 Å². The lowest BCUT2D eigenvalue weighted by atomic mass is 10.1. The van der Waals surface area contributed by atoms with Gasteiger partial charge in [-0.1, -0.05) is 6.07 Å². The molecule has 0 saturated carbocycles. The van der Waals surface area contributed by atoms with E-state index in [2.05, 4.69) is 5.32 Å². The van der Waals surface area contributed by atoms with Crippen LogP contribution in [0, 0.1) is 0 Å². The van der Waals surface area contributed by atoms with Crippen LogP contribution in [-0.2, 0) is 6.42 Å². The maximum Gasteiger partial charge on any atom is 0.313 e. The van der Waals surface area contributed by atoms with Gasteiger partial charge >= 0.3 is 5.37 Å². The summed E-state index contributed by atoms with van der Waals surface area (Å²) >= 11 is 5.16. The highest BCUT2D eigenvalue weighted by Crippen LogP contribution is 2.27. The molecule has 5 heteroatoms. The van der Waals surface area contributed by atoms with Crippen LogP contribution in [0.25, 0.3) is 0 Å². The fraction of sp³-hybridized carbons (Fsp3) is 0.364. The average Bonchev–Trinajstić information content (AvgIpc) is 2.28. The van der Waals surface area contributed by atoms with Gasteiger partial charge in [-0.25, -0.2) is 0 Å². The molecule has 4 nitrogen and oxygen atoms in total. The van der Waals surface area contributed by atoms with Gasteiger partial charge in [0.25, 0.3) is 0 Å². The first-order valence-corrected chi connectivity index (χ1v) is 5.19. The van der Waals surface area contributed by atoms with Crippen LogP contribution in [0.4, 0.5) is 4.79 Å². The van der Waals surface area contributed by atoms with E-state index in [0.717, 1.165) is 5.56 Å². The topological polar surface area (TPSA) is 47.6 Å². The van der Waals surface area contributed by atoms with Gasteiger partial charge in [0, 0.05) is 6.54 Å². The molecular weight excluding hydrogens is 230 g/mol. The lowest BCUT2D eigenvalue weighted by Gasteiger charge is -2.09. The molecule has 0 spiro atoms. The fourth-order valence-corrected chi connectivity index (χ4v) is 1.44. The maximum absolute atomic E-state index is 10.5. The van der Waals surface area contributed by atoms with Crippen molar-refractivity contribution in [2.45, 2.75) is 6.42 Å². The highest BCUT2D eigenvalue weighted by atomic mass is 35.5. The summed E-state index contributed by atoms with van der Waals surface area (Å²) in [6.45, 7) is 0.498. The van der Waals surface area contributed by atoms with Gasteiger partial charge in [0.1, 0.15) is 0 Å². The van der Waals surface area contributed by atoms with Crippen molar-refractivity contribution in [1.82, 2.24) is 5.32 Å². The van der Waals surface area contributed by atoms with Crippen LogP contribution in [0.2, 0.25) is 0 Å². The highest BCUT2D eigenvalue weighted by Gasteiger charge is 2.04. The number of methoxy groups -OCH3 is 2. The minimum absolute atomic E-state index is 0.498. The van der Waals surface area contributed by atoms with Crippen molar-refractivity contribution < 1.29 is 14.3 Å². The molecule has 1 amide bonds. The molecule has 0 saturated heterocycles. The zero-order valence-electron chi connectivity index (χ0n) is 9.25. The lowest BCUT2D eigenvalue weighted by molar-refractivity contribution is 0.260. The summed E-state index contributed by atoms with van der Waals surface area (Å²) in [5.41, 5.74) is 1.04. The minimum atomic E-state index is -0.541. The van der Waals surface area contributed by atoms with Gasteiger partial charge in [0.15, 0.2) is 11.5 Å². The summed E-state index contributed by atoms with van der Waals surface area (Å²) < 4.78 is 10.3. The third kappa shape index (κ3) is 3.62. The van der Waals surface area contributed by atoms with E-state index in [9.17, 15) is 4.79 Å². The van der Waals surface area contributed by atoms with Gasteiger partial charge in [-0.3, -0.25) is 4.79 Å². The van der Waals surface area contributed by atoms with E-state index < -0.39 is 5.37 Å². The number of benzene rings is 1. The number of halogens is 1. The summed E-state index contributed by atoms with van der Waals surface area (Å²) in [5.74, 6) is 1.37. The molecule has 0 unspecified atom stereocenters. The van der Waals surface area contributed by atoms with E-state index in [0.29, 0.717) is 24.5 Å². The van der Waals surface area contributed by atoms with Crippen LogP contribution in [0.15, 0.2) is 18.2 Å². The number of carbonyl (C=O) groups is 1. The van der Waals surface area contributed by atoms with Crippen molar-refractivity contribution in [3.05, 3.63) is 23.8 Å². The molecule has 1 rings (SSSR count). The number of carbonyl (C=O) groups excluding carboxylic acids is 1. The third-order valence-electron chi connectivity index (χ3n) is 2.13. The second-order valence-electron chi connectivity index (χ2n) is 3.14. The number of amides is 1. The van der Waals surface area contributed by atoms with E-state index in [1.807, 2.05) is 18.2 Å². The molecule has 1 aromatic carbocycles. The molecule has 0 aliphatic heterocycles. The van der Waals surface area contributed by atoms with Gasteiger partial charge in [-0.05, 0) is 35.7 Å². The molecule has 0 bridgehead atoms. The van der Waals surface area contributed by atoms with Crippen LogP contribution in [-0.4, -0.2) is 26.1 Å². The molecule has 0 radical (unpaired) electrons. The molecular formula is C11H14ClNO3. The third-order valence-corrected chi connectivity index (χ3v) is 2.26. The molecule has 0 aliphatic carbocycles. The zero-order valence-corrected chi connectivity index (χ0v) is 10.0. The molecule has 0 aliphatic rings. The Bertz CT molecular complexity index is 368. The maximum atomic E-state index is 10.5. The number of hydrogen-bond donors (Lipinski definition) is 1. The quantitative estimate of drug-likeness (QED) is 0.637. The van der Waals surface area contributed by atoms with E-state index in [4.69, 9.17) is 21.1 Å². The molecule has 1 N–H and O–H groups in total. The first-order valence-electron chi connectivity index (χ1n) is 4.81. The Hall–Kier alpha value is -1.42. The van der Waals surface area contributed by atoms with E-state index >= 15 is 0 Å². The van der Waals surface area contributed by atoms with Crippen LogP contribution in [0.1, 0.15) is 5.56 Å². The van der Waals surface area contributed by atoms with Crippen molar-refractivity contribution in [3.8, 4) is 11.5 Å². The lowest BCUT2D eigenvalue weighted by Crippen LogP contribution is -2.19. The number of nitrogens with one attached hydrogen (secondary N) is 1. The molecule has 0 fully saturated rings. The fourth-order valence-electron chi connectivity index (χ4n) is 1.34. The van der Waals surface area contributed by atoms with E-state index in [-0.39, 0.29) is 0 Å². The molecule has 88 valence electrons. The number of ether oxygens (including phenoxy) is 2. The van der Waals surface area contributed by atoms with Crippen molar-refractivity contribution in [3.63, 3.8) is 0 Å². The Morgan fingerprint density at radius 2 is 2.00 bits per heavy atom. The standard InChI is InChI=1S/C11H14ClNO3/c1-15-9-4-3-8(7-10(9)16-2)5-6-13-11(12)14/h3-4,7H,5-6H2,1-2H3,(H,13,14). The Balaban J connectivity index is 2.64. The van der Waals surface area contributed by atoms with Gasteiger partial charge in [0.2, 0.25) is 0 Å². The Labute approximate surface area is 99.5 Å². The van der Waals surface area contributed by atoms with Crippen molar-refractivity contribution in [2.75, 3.05) is 20.8 Å². The summed E-state index contributed by atoms with van der Waals surface area (Å²) in [6, 6.07) is 5.62. The van der Waals surface area contributed by atoms with Crippen LogP contribution in [0.3, 0.4) is 0 Å². The van der Waals surface area contributed by atoms with Crippen molar-refractivity contribution in [2.24, 2.45) is 0 Å². The van der Waals surface area contributed by atoms with Gasteiger partial charge < -0.3 is 14.8 Å². The number of hydrogen-bond acceptors (Lipinski definition) is 3. The van der Waals surface area contributed by atoms with Gasteiger partial charge in [-0.2, -0.15) is 0 Å². The first-order chi connectivity index (χ1) is 7.67. The largest absolute Gasteiger partial charge is 0.493 e. The van der Waals surface area contributed by atoms with Crippen molar-refractivity contribution >= 4 is 17.0 Å². The van der Waals surface area contributed by atoms with E-state index in [1.54, 1.807) is 14.2 Å². The minimum Gasteiger partial charge on any atom is -0.493 e. The van der Waals surface area contributed by atoms with Crippen LogP contribution < -0.4 is 14.8 Å². The number of rotatable bonds is 5. The van der Waals surface area contributed by atoms with Gasteiger partial charge in [-0.15, -0.1) is 0 Å². The van der Waals surface area contributed by atoms with E-state index in [1.165, 1.54) is 0 Å². The Morgan fingerprint density at radius 1 is 1.31 bits per heavy atom. The van der Waals surface area contributed by atoms with Gasteiger partial charge in [0.05, 0.1) is 14.2 Å². The SMILES string of the molecule is COc1ccc(CCNC(=O)Cl)cc1OC. The zero-order chi connectivity index (χ0) is 12.0. The predicted molar refractivity (Wildman–Crippen MR) is 62.5 cm³/mol. The summed E-state index contributed by atoms with van der Waals surface area (Å²) in [6.07, 6.45) is 0.693. The summed E-state index contributed by atoms with van der Waals surface area (Å²) in [5, 5.41) is 1.97. The summed E-state index contributed by atoms with van der Waals surface area (Å²) in [4.78, 5) is 10.5. The molecule has 0 aromatic heterocycles. The van der Waals surface area contributed by atoms with Crippen LogP contribution in [0.5, 0.6) is 11.5 Å². The predicted octanol–water partition coefficient (Wildman–Crippen LogP) is 2.19. The second kappa shape index (κ2) is 6.23. The average molecular weight is 244 g/mol. The monoisotopic (exact) mass is 243 g/mol. The Morgan fingerprint density at radius 3 is 2.56 bits per heavy atom. The Kier molecular flexibility index (Phi) is 4.92. The molecule has 1 aromatic rings. The summed E-state index contributed by atoms with van der Waals surface area (Å²) in [7, 11) is 3.17. The molecule has 0 atom stereocenters. The smallest absolute Gasteiger partial charge is 0.313 e. The first kappa shape index (κ1) is 12.6. The molecule has 16 heavy (non-hydrogen) atoms. The van der Waals surface area contributed by atoms with Crippen molar-refractivity contribution in [1.29, 1.82) is 0 Å². The highest BCUT2D eigenvalue weighted by molar-refractivity contribution is 6.62. The molecule has 0 heterocycles.